The monoisotopic (exact) mass is 557 g/mol. The van der Waals surface area contributed by atoms with E-state index in [0.29, 0.717) is 6.04 Å². The van der Waals surface area contributed by atoms with Gasteiger partial charge in [-0.3, -0.25) is 4.79 Å². The molecule has 0 aromatic heterocycles. The molecule has 1 heterocycles. The molecule has 1 aromatic rings. The van der Waals surface area contributed by atoms with Crippen molar-refractivity contribution in [3.63, 3.8) is 0 Å². The summed E-state index contributed by atoms with van der Waals surface area (Å²) in [6, 6.07) is 10.7. The number of carbonyl (C=O) groups excluding carboxylic acids is 1. The fourth-order valence-electron chi connectivity index (χ4n) is 4.49. The molecule has 1 spiro atoms. The van der Waals surface area contributed by atoms with E-state index in [1.165, 1.54) is 18.5 Å². The van der Waals surface area contributed by atoms with E-state index in [9.17, 15) is 4.79 Å². The Bertz CT molecular complexity index is 722. The maximum atomic E-state index is 12.1. The molecule has 32 heavy (non-hydrogen) atoms. The Labute approximate surface area is 210 Å². The smallest absolute Gasteiger partial charge is 0.243 e. The predicted molar refractivity (Wildman–Crippen MR) is 142 cm³/mol. The Hall–Kier alpha value is -1.55. The summed E-state index contributed by atoms with van der Waals surface area (Å²) in [6.07, 6.45) is 7.82. The molecule has 0 radical (unpaired) electrons. The molecule has 1 aliphatic carbocycles. The number of hydrogen-bond donors (Lipinski definition) is 2. The molecule has 3 rings (SSSR count). The van der Waals surface area contributed by atoms with Crippen LogP contribution in [0, 0.1) is 0 Å². The number of guanidine groups is 1. The molecule has 2 N–H and O–H groups in total. The van der Waals surface area contributed by atoms with Gasteiger partial charge in [0.15, 0.2) is 5.96 Å². The van der Waals surface area contributed by atoms with Crippen molar-refractivity contribution in [1.82, 2.24) is 15.5 Å². The molecule has 0 bridgehead atoms. The van der Waals surface area contributed by atoms with Gasteiger partial charge in [0.25, 0.3) is 0 Å². The van der Waals surface area contributed by atoms with Crippen LogP contribution in [0.1, 0.15) is 44.9 Å². The van der Waals surface area contributed by atoms with Gasteiger partial charge in [-0.05, 0) is 44.2 Å². The number of aliphatic imine (C=N–C) groups is 1. The lowest BCUT2D eigenvalue weighted by atomic mass is 9.89. The summed E-state index contributed by atoms with van der Waals surface area (Å²) in [7, 11) is 5.64. The first-order valence-corrected chi connectivity index (χ1v) is 11.6. The van der Waals surface area contributed by atoms with Crippen molar-refractivity contribution in [2.45, 2.75) is 56.6 Å². The molecule has 8 heteroatoms. The molecule has 2 aliphatic rings. The quantitative estimate of drug-likeness (QED) is 0.222. The number of halogens is 1. The van der Waals surface area contributed by atoms with E-state index in [1.807, 2.05) is 6.07 Å². The van der Waals surface area contributed by atoms with Crippen LogP contribution < -0.4 is 15.5 Å². The van der Waals surface area contributed by atoms with Crippen molar-refractivity contribution in [3.05, 3.63) is 30.3 Å². The Morgan fingerprint density at radius 1 is 1.19 bits per heavy atom. The molecule has 1 saturated carbocycles. The van der Waals surface area contributed by atoms with Gasteiger partial charge in [0.1, 0.15) is 6.54 Å². The zero-order valence-corrected chi connectivity index (χ0v) is 22.1. The van der Waals surface area contributed by atoms with Crippen molar-refractivity contribution >= 4 is 41.5 Å². The summed E-state index contributed by atoms with van der Waals surface area (Å²) in [5.74, 6) is 0.738. The number of carbonyl (C=O) groups is 1. The summed E-state index contributed by atoms with van der Waals surface area (Å²) in [5, 5.41) is 7.04. The molecule has 1 amide bonds. The van der Waals surface area contributed by atoms with Crippen LogP contribution in [0.5, 0.6) is 0 Å². The molecular formula is C24H40IN5O2. The van der Waals surface area contributed by atoms with Crippen LogP contribution in [-0.4, -0.2) is 75.8 Å². The fourth-order valence-corrected chi connectivity index (χ4v) is 4.49. The minimum Gasteiger partial charge on any atom is -0.375 e. The van der Waals surface area contributed by atoms with Crippen molar-refractivity contribution in [3.8, 4) is 0 Å². The van der Waals surface area contributed by atoms with Gasteiger partial charge < -0.3 is 25.2 Å². The Kier molecular flexibility index (Phi) is 11.0. The van der Waals surface area contributed by atoms with Gasteiger partial charge in [-0.25, -0.2) is 4.99 Å². The van der Waals surface area contributed by atoms with Gasteiger partial charge in [0.05, 0.1) is 5.60 Å². The minimum absolute atomic E-state index is 0. The average molecular weight is 558 g/mol. The standard InChI is InChI=1S/C24H39N5O2.HI/c1-28(2)22(30)19-26-23(25-15-9-16-29(3)21-10-5-4-6-11-21)27-20-12-17-31-24(18-20)13-7-8-14-24;/h4-6,10-11,20H,7-9,12-19H2,1-3H3,(H2,25,26,27);1H. The zero-order valence-electron chi connectivity index (χ0n) is 19.8. The van der Waals surface area contributed by atoms with Gasteiger partial charge >= 0.3 is 0 Å². The number of nitrogens with zero attached hydrogens (tertiary/aromatic N) is 3. The number of ether oxygens (including phenoxy) is 1. The Morgan fingerprint density at radius 3 is 2.59 bits per heavy atom. The number of rotatable bonds is 8. The third kappa shape index (κ3) is 8.10. The van der Waals surface area contributed by atoms with E-state index >= 15 is 0 Å². The van der Waals surface area contributed by atoms with Crippen molar-refractivity contribution in [1.29, 1.82) is 0 Å². The summed E-state index contributed by atoms with van der Waals surface area (Å²) < 4.78 is 6.17. The second-order valence-electron chi connectivity index (χ2n) is 9.06. The van der Waals surface area contributed by atoms with E-state index in [4.69, 9.17) is 4.74 Å². The number of hydrogen-bond acceptors (Lipinski definition) is 4. The van der Waals surface area contributed by atoms with Crippen LogP contribution in [0.25, 0.3) is 0 Å². The second-order valence-corrected chi connectivity index (χ2v) is 9.06. The maximum absolute atomic E-state index is 12.1. The molecule has 7 nitrogen and oxygen atoms in total. The van der Waals surface area contributed by atoms with E-state index in [1.54, 1.807) is 19.0 Å². The lowest BCUT2D eigenvalue weighted by Crippen LogP contribution is -2.51. The van der Waals surface area contributed by atoms with E-state index < -0.39 is 0 Å². The van der Waals surface area contributed by atoms with Crippen LogP contribution in [0.3, 0.4) is 0 Å². The largest absolute Gasteiger partial charge is 0.375 e. The van der Waals surface area contributed by atoms with Gasteiger partial charge in [0, 0.05) is 52.6 Å². The topological polar surface area (TPSA) is 69.2 Å². The van der Waals surface area contributed by atoms with Crippen molar-refractivity contribution in [2.75, 3.05) is 52.3 Å². The normalized spacial score (nSPS) is 19.8. The highest BCUT2D eigenvalue weighted by Crippen LogP contribution is 2.39. The van der Waals surface area contributed by atoms with Gasteiger partial charge in [-0.15, -0.1) is 24.0 Å². The third-order valence-electron chi connectivity index (χ3n) is 6.38. The van der Waals surface area contributed by atoms with Crippen LogP contribution in [0.4, 0.5) is 5.69 Å². The first-order valence-electron chi connectivity index (χ1n) is 11.6. The van der Waals surface area contributed by atoms with Crippen LogP contribution in [-0.2, 0) is 9.53 Å². The highest BCUT2D eigenvalue weighted by Gasteiger charge is 2.40. The van der Waals surface area contributed by atoms with E-state index in [-0.39, 0.29) is 42.0 Å². The Morgan fingerprint density at radius 2 is 1.91 bits per heavy atom. The number of para-hydroxylation sites is 1. The first-order chi connectivity index (χ1) is 15.0. The molecule has 180 valence electrons. The van der Waals surface area contributed by atoms with E-state index in [0.717, 1.165) is 57.8 Å². The maximum Gasteiger partial charge on any atom is 0.243 e. The number of nitrogens with one attached hydrogen (secondary N) is 2. The molecular weight excluding hydrogens is 517 g/mol. The van der Waals surface area contributed by atoms with Crippen molar-refractivity contribution in [2.24, 2.45) is 4.99 Å². The summed E-state index contributed by atoms with van der Waals surface area (Å²) in [6.45, 7) is 2.69. The average Bonchev–Trinajstić information content (AvgIpc) is 3.22. The molecule has 2 fully saturated rings. The van der Waals surface area contributed by atoms with Gasteiger partial charge in [-0.1, -0.05) is 31.0 Å². The molecule has 1 aliphatic heterocycles. The fraction of sp³-hybridized carbons (Fsp3) is 0.667. The summed E-state index contributed by atoms with van der Waals surface area (Å²) in [4.78, 5) is 20.5. The molecule has 1 aromatic carbocycles. The predicted octanol–water partition coefficient (Wildman–Crippen LogP) is 3.25. The number of likely N-dealkylation sites (N-methyl/N-ethyl adjacent to an activating group) is 1. The van der Waals surface area contributed by atoms with Crippen molar-refractivity contribution < 1.29 is 9.53 Å². The van der Waals surface area contributed by atoms with Crippen LogP contribution in [0.15, 0.2) is 35.3 Å². The molecule has 1 atom stereocenters. The molecule has 1 unspecified atom stereocenters. The first kappa shape index (κ1) is 26.7. The lowest BCUT2D eigenvalue weighted by Gasteiger charge is -2.39. The highest BCUT2D eigenvalue weighted by atomic mass is 127. The van der Waals surface area contributed by atoms with E-state index in [2.05, 4.69) is 51.8 Å². The number of amides is 1. The highest BCUT2D eigenvalue weighted by molar-refractivity contribution is 14.0. The number of benzene rings is 1. The van der Waals surface area contributed by atoms with Gasteiger partial charge in [0.2, 0.25) is 5.91 Å². The molecule has 1 saturated heterocycles. The summed E-state index contributed by atoms with van der Waals surface area (Å²) in [5.41, 5.74) is 1.27. The second kappa shape index (κ2) is 13.2. The van der Waals surface area contributed by atoms with Gasteiger partial charge in [-0.2, -0.15) is 0 Å². The number of anilines is 1. The SMILES string of the molecule is CN(C)C(=O)CN=C(NCCCN(C)c1ccccc1)NC1CCOC2(CCCC2)C1.I. The minimum atomic E-state index is 0. The Balaban J connectivity index is 0.00000363. The van der Waals surface area contributed by atoms with Crippen LogP contribution >= 0.6 is 24.0 Å². The van der Waals surface area contributed by atoms with Crippen LogP contribution in [0.2, 0.25) is 0 Å². The lowest BCUT2D eigenvalue weighted by molar-refractivity contribution is -0.127. The summed E-state index contributed by atoms with van der Waals surface area (Å²) >= 11 is 0. The zero-order chi connectivity index (χ0) is 22.1. The third-order valence-corrected chi connectivity index (χ3v) is 6.38.